The molecule has 3 N–H and O–H groups in total. The molecule has 1 aromatic rings. The topological polar surface area (TPSA) is 93.2 Å². The number of amides is 1. The molecule has 0 fully saturated rings. The Labute approximate surface area is 156 Å². The van der Waals surface area contributed by atoms with Crippen molar-refractivity contribution in [2.45, 2.75) is 33.4 Å². The highest BCUT2D eigenvalue weighted by Gasteiger charge is 2.20. The fourth-order valence-electron chi connectivity index (χ4n) is 2.29. The summed E-state index contributed by atoms with van der Waals surface area (Å²) in [5.74, 6) is 0.973. The molecule has 0 radical (unpaired) electrons. The van der Waals surface area contributed by atoms with Crippen LogP contribution in [0.25, 0.3) is 0 Å². The maximum atomic E-state index is 12.7. The summed E-state index contributed by atoms with van der Waals surface area (Å²) < 4.78 is 40.4. The first-order valence-electron chi connectivity index (χ1n) is 8.69. The van der Waals surface area contributed by atoms with Gasteiger partial charge < -0.3 is 30.2 Å². The van der Waals surface area contributed by atoms with Gasteiger partial charge in [0.1, 0.15) is 5.75 Å². The van der Waals surface area contributed by atoms with E-state index in [1.165, 1.54) is 6.07 Å². The number of alkyl halides is 2. The molecule has 0 saturated heterocycles. The first kappa shape index (κ1) is 20.5. The fourth-order valence-corrected chi connectivity index (χ4v) is 2.29. The fraction of sp³-hybridized carbons (Fsp3) is 0.529. The van der Waals surface area contributed by atoms with Gasteiger partial charge in [-0.1, -0.05) is 6.92 Å². The first-order valence-corrected chi connectivity index (χ1v) is 8.69. The summed E-state index contributed by atoms with van der Waals surface area (Å²) in [4.78, 5) is 16.0. The number of carbonyl (C=O) groups is 1. The Kier molecular flexibility index (Phi) is 7.90. The number of nitrogens with one attached hydrogen (secondary N) is 3. The zero-order valence-corrected chi connectivity index (χ0v) is 15.3. The van der Waals surface area contributed by atoms with Crippen LogP contribution in [0.15, 0.2) is 17.1 Å². The summed E-state index contributed by atoms with van der Waals surface area (Å²) >= 11 is 0. The van der Waals surface area contributed by atoms with Gasteiger partial charge in [-0.05, 0) is 19.4 Å². The van der Waals surface area contributed by atoms with Crippen molar-refractivity contribution in [1.82, 2.24) is 16.0 Å². The largest absolute Gasteiger partial charge is 0.454 e. The first-order chi connectivity index (χ1) is 13.0. The maximum absolute atomic E-state index is 12.7. The van der Waals surface area contributed by atoms with E-state index in [1.54, 1.807) is 6.07 Å². The molecule has 1 aliphatic rings. The molecule has 0 aromatic heterocycles. The number of carbonyl (C=O) groups excluding carboxylic acids is 1. The molecule has 0 unspecified atom stereocenters. The monoisotopic (exact) mass is 386 g/mol. The minimum atomic E-state index is -2.97. The second kappa shape index (κ2) is 10.4. The zero-order valence-electron chi connectivity index (χ0n) is 15.3. The molecule has 0 aliphatic carbocycles. The van der Waals surface area contributed by atoms with Crippen LogP contribution in [0.3, 0.4) is 0 Å². The summed E-state index contributed by atoms with van der Waals surface area (Å²) in [5.41, 5.74) is 0.409. The lowest BCUT2D eigenvalue weighted by Crippen LogP contribution is -2.43. The molecule has 0 atom stereocenters. The van der Waals surface area contributed by atoms with Crippen molar-refractivity contribution in [3.63, 3.8) is 0 Å². The lowest BCUT2D eigenvalue weighted by atomic mass is 10.1. The van der Waals surface area contributed by atoms with Gasteiger partial charge in [-0.25, -0.2) is 4.99 Å². The number of benzene rings is 1. The number of rotatable bonds is 9. The molecule has 10 heteroatoms. The quantitative estimate of drug-likeness (QED) is 0.441. The van der Waals surface area contributed by atoms with Crippen LogP contribution in [0.1, 0.15) is 25.8 Å². The van der Waals surface area contributed by atoms with Crippen molar-refractivity contribution in [3.8, 4) is 17.2 Å². The molecule has 1 aromatic carbocycles. The number of halogens is 2. The minimum absolute atomic E-state index is 0.0211. The number of hydrogen-bond donors (Lipinski definition) is 3. The Balaban J connectivity index is 2.08. The smallest absolute Gasteiger partial charge is 0.387 e. The summed E-state index contributed by atoms with van der Waals surface area (Å²) in [5, 5.41) is 8.63. The number of aliphatic imine (C=N–C) groups is 1. The molecule has 1 amide bonds. The van der Waals surface area contributed by atoms with Crippen LogP contribution in [0.5, 0.6) is 17.2 Å². The van der Waals surface area contributed by atoms with Gasteiger partial charge in [-0.2, -0.15) is 8.78 Å². The van der Waals surface area contributed by atoms with E-state index in [0.29, 0.717) is 36.1 Å². The third-order valence-electron chi connectivity index (χ3n) is 3.51. The molecular formula is C17H24F2N4O4. The van der Waals surface area contributed by atoms with Gasteiger partial charge in [0.25, 0.3) is 0 Å². The molecule has 1 heterocycles. The van der Waals surface area contributed by atoms with E-state index in [1.807, 2.05) is 13.8 Å². The third kappa shape index (κ3) is 6.46. The van der Waals surface area contributed by atoms with Gasteiger partial charge in [-0.3, -0.25) is 4.79 Å². The minimum Gasteiger partial charge on any atom is -0.454 e. The predicted molar refractivity (Wildman–Crippen MR) is 95.3 cm³/mol. The maximum Gasteiger partial charge on any atom is 0.387 e. The van der Waals surface area contributed by atoms with Crippen molar-refractivity contribution in [3.05, 3.63) is 17.7 Å². The van der Waals surface area contributed by atoms with Crippen LogP contribution in [0, 0.1) is 0 Å². The third-order valence-corrected chi connectivity index (χ3v) is 3.51. The highest BCUT2D eigenvalue weighted by molar-refractivity contribution is 5.86. The average Bonchev–Trinajstić information content (AvgIpc) is 3.08. The van der Waals surface area contributed by atoms with Gasteiger partial charge in [0.2, 0.25) is 12.7 Å². The molecule has 2 rings (SSSR count). The second-order valence-corrected chi connectivity index (χ2v) is 5.59. The molecule has 8 nitrogen and oxygen atoms in total. The number of fused-ring (bicyclic) bond motifs is 1. The SMILES string of the molecule is CCCNC(=O)CNC(=NCc1cc2c(cc1OC(F)F)OCO2)NCC. The molecule has 150 valence electrons. The molecule has 0 spiro atoms. The van der Waals surface area contributed by atoms with Crippen molar-refractivity contribution in [1.29, 1.82) is 0 Å². The summed E-state index contributed by atoms with van der Waals surface area (Å²) in [7, 11) is 0. The molecule has 0 saturated carbocycles. The van der Waals surface area contributed by atoms with Crippen molar-refractivity contribution >= 4 is 11.9 Å². The lowest BCUT2D eigenvalue weighted by Gasteiger charge is -2.13. The Hall–Kier alpha value is -2.78. The number of ether oxygens (including phenoxy) is 3. The number of guanidine groups is 1. The van der Waals surface area contributed by atoms with Crippen LogP contribution < -0.4 is 30.2 Å². The van der Waals surface area contributed by atoms with Crippen molar-refractivity contribution in [2.24, 2.45) is 4.99 Å². The Morgan fingerprint density at radius 1 is 1.22 bits per heavy atom. The van der Waals surface area contributed by atoms with E-state index < -0.39 is 6.61 Å². The predicted octanol–water partition coefficient (Wildman–Crippen LogP) is 1.60. The molecular weight excluding hydrogens is 362 g/mol. The van der Waals surface area contributed by atoms with E-state index in [2.05, 4.69) is 25.7 Å². The van der Waals surface area contributed by atoms with E-state index in [-0.39, 0.29) is 31.5 Å². The van der Waals surface area contributed by atoms with Crippen LogP contribution in [-0.4, -0.2) is 44.9 Å². The van der Waals surface area contributed by atoms with Crippen LogP contribution >= 0.6 is 0 Å². The summed E-state index contributed by atoms with van der Waals surface area (Å²) in [6, 6.07) is 2.92. The van der Waals surface area contributed by atoms with Crippen molar-refractivity contribution < 1.29 is 27.8 Å². The lowest BCUT2D eigenvalue weighted by molar-refractivity contribution is -0.120. The van der Waals surface area contributed by atoms with Crippen molar-refractivity contribution in [2.75, 3.05) is 26.4 Å². The highest BCUT2D eigenvalue weighted by Crippen LogP contribution is 2.38. The zero-order chi connectivity index (χ0) is 19.6. The van der Waals surface area contributed by atoms with Crippen LogP contribution in [0.2, 0.25) is 0 Å². The molecule has 27 heavy (non-hydrogen) atoms. The highest BCUT2D eigenvalue weighted by atomic mass is 19.3. The standard InChI is InChI=1S/C17H24F2N4O4/c1-3-5-21-15(24)9-23-17(20-4-2)22-8-11-6-13-14(26-10-25-13)7-12(11)27-16(18)19/h6-7,16H,3-5,8-10H2,1-2H3,(H,21,24)(H2,20,22,23). The summed E-state index contributed by atoms with van der Waals surface area (Å²) in [6.45, 7) is 2.15. The number of hydrogen-bond acceptors (Lipinski definition) is 5. The van der Waals surface area contributed by atoms with Gasteiger partial charge >= 0.3 is 6.61 Å². The van der Waals surface area contributed by atoms with E-state index in [9.17, 15) is 13.6 Å². The van der Waals surface area contributed by atoms with E-state index in [4.69, 9.17) is 9.47 Å². The average molecular weight is 386 g/mol. The summed E-state index contributed by atoms with van der Waals surface area (Å²) in [6.07, 6.45) is 0.844. The Morgan fingerprint density at radius 3 is 2.63 bits per heavy atom. The van der Waals surface area contributed by atoms with E-state index in [0.717, 1.165) is 6.42 Å². The number of nitrogens with zero attached hydrogens (tertiary/aromatic N) is 1. The van der Waals surface area contributed by atoms with Gasteiger partial charge in [-0.15, -0.1) is 0 Å². The Morgan fingerprint density at radius 2 is 1.96 bits per heavy atom. The molecule has 1 aliphatic heterocycles. The van der Waals surface area contributed by atoms with Gasteiger partial charge in [0, 0.05) is 24.7 Å². The Bertz CT molecular complexity index is 671. The van der Waals surface area contributed by atoms with Gasteiger partial charge in [0.15, 0.2) is 17.5 Å². The normalized spacial score (nSPS) is 12.9. The van der Waals surface area contributed by atoms with Gasteiger partial charge in [0.05, 0.1) is 13.1 Å². The van der Waals surface area contributed by atoms with Crippen LogP contribution in [0.4, 0.5) is 8.78 Å². The van der Waals surface area contributed by atoms with Crippen LogP contribution in [-0.2, 0) is 11.3 Å². The van der Waals surface area contributed by atoms with E-state index >= 15 is 0 Å². The molecule has 0 bridgehead atoms. The second-order valence-electron chi connectivity index (χ2n) is 5.59.